The third kappa shape index (κ3) is 3.53. The number of hydrogen-bond donors (Lipinski definition) is 1. The maximum Gasteiger partial charge on any atom is 0.271 e. The first-order chi connectivity index (χ1) is 10.4. The van der Waals surface area contributed by atoms with E-state index in [0.29, 0.717) is 5.69 Å². The lowest BCUT2D eigenvalue weighted by molar-refractivity contribution is -0.384. The summed E-state index contributed by atoms with van der Waals surface area (Å²) < 4.78 is 0. The Morgan fingerprint density at radius 3 is 2.36 bits per heavy atom. The molecule has 0 aliphatic carbocycles. The van der Waals surface area contributed by atoms with Crippen LogP contribution in [-0.4, -0.2) is 17.9 Å². The Balaban J connectivity index is 2.17. The van der Waals surface area contributed by atoms with Gasteiger partial charge in [0.1, 0.15) is 0 Å². The largest absolute Gasteiger partial charge is 0.354 e. The lowest BCUT2D eigenvalue weighted by Crippen LogP contribution is -2.22. The molecule has 0 fully saturated rings. The van der Waals surface area contributed by atoms with E-state index in [1.807, 2.05) is 0 Å². The topological polar surface area (TPSA) is 75.5 Å². The van der Waals surface area contributed by atoms with Crippen molar-refractivity contribution in [3.63, 3.8) is 0 Å². The Morgan fingerprint density at radius 2 is 1.86 bits per heavy atom. The van der Waals surface area contributed by atoms with Crippen LogP contribution in [0, 0.1) is 10.1 Å². The van der Waals surface area contributed by atoms with Crippen molar-refractivity contribution in [2.45, 2.75) is 6.92 Å². The SMILES string of the molecule is CC(=O)N(C)c1ccc(Nc2ccc([N+](=O)[O-])cc2Cl)cc1. The maximum absolute atomic E-state index is 11.3. The number of anilines is 3. The summed E-state index contributed by atoms with van der Waals surface area (Å²) in [6.45, 7) is 1.49. The highest BCUT2D eigenvalue weighted by atomic mass is 35.5. The molecule has 2 aromatic carbocycles. The number of carbonyl (C=O) groups excluding carboxylic acids is 1. The van der Waals surface area contributed by atoms with Gasteiger partial charge in [-0.3, -0.25) is 14.9 Å². The number of nitro benzene ring substituents is 1. The van der Waals surface area contributed by atoms with Crippen molar-refractivity contribution in [1.29, 1.82) is 0 Å². The van der Waals surface area contributed by atoms with E-state index in [2.05, 4.69) is 5.32 Å². The lowest BCUT2D eigenvalue weighted by atomic mass is 10.2. The molecule has 0 heterocycles. The molecule has 0 spiro atoms. The van der Waals surface area contributed by atoms with Gasteiger partial charge in [0.15, 0.2) is 0 Å². The van der Waals surface area contributed by atoms with Crippen molar-refractivity contribution in [3.8, 4) is 0 Å². The monoisotopic (exact) mass is 319 g/mol. The molecule has 2 aromatic rings. The van der Waals surface area contributed by atoms with Gasteiger partial charge in [-0.15, -0.1) is 0 Å². The van der Waals surface area contributed by atoms with Gasteiger partial charge >= 0.3 is 0 Å². The van der Waals surface area contributed by atoms with Crippen molar-refractivity contribution in [2.75, 3.05) is 17.3 Å². The average Bonchev–Trinajstić information content (AvgIpc) is 2.49. The highest BCUT2D eigenvalue weighted by Gasteiger charge is 2.10. The number of halogens is 1. The van der Waals surface area contributed by atoms with Gasteiger partial charge in [-0.2, -0.15) is 0 Å². The summed E-state index contributed by atoms with van der Waals surface area (Å²) in [5.74, 6) is -0.0564. The predicted molar refractivity (Wildman–Crippen MR) is 86.9 cm³/mol. The number of carbonyl (C=O) groups is 1. The summed E-state index contributed by atoms with van der Waals surface area (Å²) in [5, 5.41) is 14.0. The number of rotatable bonds is 4. The second-order valence-electron chi connectivity index (χ2n) is 4.67. The first kappa shape index (κ1) is 15.8. The number of non-ortho nitro benzene ring substituents is 1. The number of nitrogens with one attached hydrogen (secondary N) is 1. The Morgan fingerprint density at radius 1 is 1.23 bits per heavy atom. The van der Waals surface area contributed by atoms with Crippen LogP contribution in [0.2, 0.25) is 5.02 Å². The van der Waals surface area contributed by atoms with E-state index in [1.54, 1.807) is 37.4 Å². The zero-order valence-electron chi connectivity index (χ0n) is 12.0. The minimum atomic E-state index is -0.498. The number of nitrogens with zero attached hydrogens (tertiary/aromatic N) is 2. The highest BCUT2D eigenvalue weighted by Crippen LogP contribution is 2.29. The number of nitro groups is 1. The van der Waals surface area contributed by atoms with Gasteiger partial charge < -0.3 is 10.2 Å². The van der Waals surface area contributed by atoms with Crippen LogP contribution >= 0.6 is 11.6 Å². The predicted octanol–water partition coefficient (Wildman–Crippen LogP) is 3.97. The molecule has 6 nitrogen and oxygen atoms in total. The Labute approximate surface area is 132 Å². The van der Waals surface area contributed by atoms with E-state index in [1.165, 1.54) is 24.0 Å². The number of amides is 1. The molecule has 7 heteroatoms. The fourth-order valence-electron chi connectivity index (χ4n) is 1.82. The molecule has 22 heavy (non-hydrogen) atoms. The van der Waals surface area contributed by atoms with E-state index in [-0.39, 0.29) is 16.6 Å². The molecule has 0 saturated heterocycles. The van der Waals surface area contributed by atoms with Crippen molar-refractivity contribution in [3.05, 3.63) is 57.6 Å². The maximum atomic E-state index is 11.3. The lowest BCUT2D eigenvalue weighted by Gasteiger charge is -2.15. The van der Waals surface area contributed by atoms with Crippen molar-refractivity contribution < 1.29 is 9.72 Å². The van der Waals surface area contributed by atoms with E-state index in [4.69, 9.17) is 11.6 Å². The third-order valence-corrected chi connectivity index (χ3v) is 3.48. The first-order valence-electron chi connectivity index (χ1n) is 6.44. The normalized spacial score (nSPS) is 10.1. The molecule has 0 atom stereocenters. The zero-order chi connectivity index (χ0) is 16.3. The molecular weight excluding hydrogens is 306 g/mol. The molecule has 2 rings (SSSR count). The summed E-state index contributed by atoms with van der Waals surface area (Å²) >= 11 is 6.03. The third-order valence-electron chi connectivity index (χ3n) is 3.17. The molecule has 0 aromatic heterocycles. The molecule has 0 radical (unpaired) electrons. The molecule has 1 N–H and O–H groups in total. The summed E-state index contributed by atoms with van der Waals surface area (Å²) in [6, 6.07) is 11.4. The first-order valence-corrected chi connectivity index (χ1v) is 6.81. The Hall–Kier alpha value is -2.60. The van der Waals surface area contributed by atoms with Gasteiger partial charge in [-0.05, 0) is 30.3 Å². The van der Waals surface area contributed by atoms with Crippen molar-refractivity contribution in [2.24, 2.45) is 0 Å². The second kappa shape index (κ2) is 6.44. The fraction of sp³-hybridized carbons (Fsp3) is 0.133. The van der Waals surface area contributed by atoms with E-state index >= 15 is 0 Å². The van der Waals surface area contributed by atoms with Gasteiger partial charge in [0.2, 0.25) is 5.91 Å². The summed E-state index contributed by atoms with van der Waals surface area (Å²) in [5.41, 5.74) is 2.04. The van der Waals surface area contributed by atoms with E-state index < -0.39 is 4.92 Å². The van der Waals surface area contributed by atoms with Crippen molar-refractivity contribution in [1.82, 2.24) is 0 Å². The molecule has 0 unspecified atom stereocenters. The van der Waals surface area contributed by atoms with Crippen LogP contribution in [0.15, 0.2) is 42.5 Å². The molecular formula is C15H14ClN3O3. The van der Waals surface area contributed by atoms with Crippen LogP contribution in [0.1, 0.15) is 6.92 Å². The van der Waals surface area contributed by atoms with Crippen molar-refractivity contribution >= 4 is 40.3 Å². The molecule has 0 bridgehead atoms. The van der Waals surface area contributed by atoms with Gasteiger partial charge in [0.25, 0.3) is 5.69 Å². The van der Waals surface area contributed by atoms with Crippen LogP contribution < -0.4 is 10.2 Å². The highest BCUT2D eigenvalue weighted by molar-refractivity contribution is 6.33. The standard InChI is InChI=1S/C15H14ClN3O3/c1-10(20)18(2)12-5-3-11(4-6-12)17-15-8-7-13(19(21)22)9-14(15)16/h3-9,17H,1-2H3. The van der Waals surface area contributed by atoms with Gasteiger partial charge in [-0.25, -0.2) is 0 Å². The summed E-state index contributed by atoms with van der Waals surface area (Å²) in [7, 11) is 1.69. The van der Waals surface area contributed by atoms with Crippen LogP contribution in [0.25, 0.3) is 0 Å². The average molecular weight is 320 g/mol. The minimum absolute atomic E-state index is 0.0564. The van der Waals surface area contributed by atoms with E-state index in [9.17, 15) is 14.9 Å². The van der Waals surface area contributed by atoms with E-state index in [0.717, 1.165) is 11.4 Å². The molecule has 114 valence electrons. The molecule has 0 aliphatic heterocycles. The molecule has 0 saturated carbocycles. The fourth-order valence-corrected chi connectivity index (χ4v) is 2.05. The minimum Gasteiger partial charge on any atom is -0.354 e. The van der Waals surface area contributed by atoms with Crippen LogP contribution in [0.3, 0.4) is 0 Å². The van der Waals surface area contributed by atoms with Gasteiger partial charge in [0.05, 0.1) is 15.6 Å². The van der Waals surface area contributed by atoms with Crippen LogP contribution in [0.5, 0.6) is 0 Å². The number of hydrogen-bond acceptors (Lipinski definition) is 4. The Kier molecular flexibility index (Phi) is 4.62. The van der Waals surface area contributed by atoms with Crippen LogP contribution in [0.4, 0.5) is 22.7 Å². The van der Waals surface area contributed by atoms with Gasteiger partial charge in [0, 0.05) is 37.5 Å². The summed E-state index contributed by atoms with van der Waals surface area (Å²) in [6.07, 6.45) is 0. The second-order valence-corrected chi connectivity index (χ2v) is 5.08. The molecule has 1 amide bonds. The summed E-state index contributed by atoms with van der Waals surface area (Å²) in [4.78, 5) is 23.0. The Bertz CT molecular complexity index is 716. The quantitative estimate of drug-likeness (QED) is 0.683. The number of benzene rings is 2. The molecule has 0 aliphatic rings. The van der Waals surface area contributed by atoms with Crippen LogP contribution in [-0.2, 0) is 4.79 Å². The zero-order valence-corrected chi connectivity index (χ0v) is 12.8. The smallest absolute Gasteiger partial charge is 0.271 e. The van der Waals surface area contributed by atoms with Gasteiger partial charge in [-0.1, -0.05) is 11.6 Å².